The van der Waals surface area contributed by atoms with E-state index in [1.165, 1.54) is 0 Å². The van der Waals surface area contributed by atoms with Gasteiger partial charge in [0.15, 0.2) is 0 Å². The number of nitrogens with two attached hydrogens (primary N) is 1. The summed E-state index contributed by atoms with van der Waals surface area (Å²) in [5.41, 5.74) is 7.15. The predicted octanol–water partition coefficient (Wildman–Crippen LogP) is 3.40. The highest BCUT2D eigenvalue weighted by Crippen LogP contribution is 2.23. The number of rotatable bonds is 5. The van der Waals surface area contributed by atoms with Crippen molar-refractivity contribution in [1.82, 2.24) is 0 Å². The van der Waals surface area contributed by atoms with Gasteiger partial charge in [0.05, 0.1) is 6.10 Å². The summed E-state index contributed by atoms with van der Waals surface area (Å²) in [4.78, 5) is 0. The van der Waals surface area contributed by atoms with E-state index in [9.17, 15) is 0 Å². The van der Waals surface area contributed by atoms with Crippen LogP contribution in [-0.2, 0) is 11.2 Å². The van der Waals surface area contributed by atoms with Crippen LogP contribution in [0.4, 0.5) is 0 Å². The summed E-state index contributed by atoms with van der Waals surface area (Å²) in [6.45, 7) is 2.07. The molecule has 1 aromatic carbocycles. The van der Waals surface area contributed by atoms with Crippen molar-refractivity contribution >= 4 is 27.5 Å². The molecule has 0 fully saturated rings. The molecule has 16 heavy (non-hydrogen) atoms. The number of ether oxygens (including phenoxy) is 1. The van der Waals surface area contributed by atoms with Crippen molar-refractivity contribution in [2.75, 3.05) is 7.11 Å². The van der Waals surface area contributed by atoms with E-state index in [1.807, 2.05) is 18.2 Å². The molecule has 2 N–H and O–H groups in total. The molecular formula is C12H17BrClNO. The van der Waals surface area contributed by atoms with E-state index in [-0.39, 0.29) is 12.1 Å². The molecule has 0 aliphatic rings. The van der Waals surface area contributed by atoms with Crippen LogP contribution in [0.2, 0.25) is 5.02 Å². The quantitative estimate of drug-likeness (QED) is 0.905. The lowest BCUT2D eigenvalue weighted by Crippen LogP contribution is -2.37. The Hall–Kier alpha value is -0.0900. The summed E-state index contributed by atoms with van der Waals surface area (Å²) in [6, 6.07) is 5.84. The van der Waals surface area contributed by atoms with Crippen molar-refractivity contribution in [2.45, 2.75) is 31.9 Å². The monoisotopic (exact) mass is 305 g/mol. The average molecular weight is 307 g/mol. The number of halogens is 2. The molecule has 2 atom stereocenters. The molecule has 1 rings (SSSR count). The lowest BCUT2D eigenvalue weighted by Gasteiger charge is -2.21. The fraction of sp³-hybridized carbons (Fsp3) is 0.500. The summed E-state index contributed by atoms with van der Waals surface area (Å²) >= 11 is 9.52. The Morgan fingerprint density at radius 1 is 1.50 bits per heavy atom. The van der Waals surface area contributed by atoms with E-state index in [0.29, 0.717) is 0 Å². The molecule has 2 unspecified atom stereocenters. The van der Waals surface area contributed by atoms with Gasteiger partial charge in [0.1, 0.15) is 0 Å². The highest BCUT2D eigenvalue weighted by Gasteiger charge is 2.16. The molecule has 1 aromatic rings. The minimum atomic E-state index is -0.0197. The summed E-state index contributed by atoms with van der Waals surface area (Å²) in [7, 11) is 1.69. The molecule has 0 aromatic heterocycles. The third-order valence-electron chi connectivity index (χ3n) is 2.65. The molecular weight excluding hydrogens is 289 g/mol. The largest absolute Gasteiger partial charge is 0.380 e. The molecule has 0 heterocycles. The Bertz CT molecular complexity index is 342. The van der Waals surface area contributed by atoms with E-state index >= 15 is 0 Å². The Kier molecular flexibility index (Phi) is 5.76. The lowest BCUT2D eigenvalue weighted by atomic mass is 10.0. The van der Waals surface area contributed by atoms with Crippen molar-refractivity contribution in [3.63, 3.8) is 0 Å². The van der Waals surface area contributed by atoms with Crippen molar-refractivity contribution < 1.29 is 4.74 Å². The van der Waals surface area contributed by atoms with Crippen molar-refractivity contribution in [3.05, 3.63) is 33.3 Å². The molecule has 0 aliphatic carbocycles. The van der Waals surface area contributed by atoms with E-state index in [2.05, 4.69) is 22.9 Å². The molecule has 0 radical (unpaired) electrons. The van der Waals surface area contributed by atoms with Gasteiger partial charge in [-0.15, -0.1) is 0 Å². The Balaban J connectivity index is 2.72. The first-order chi connectivity index (χ1) is 7.58. The second kappa shape index (κ2) is 6.60. The third kappa shape index (κ3) is 3.74. The molecule has 0 aliphatic heterocycles. The minimum Gasteiger partial charge on any atom is -0.380 e. The van der Waals surface area contributed by atoms with Crippen LogP contribution in [0.1, 0.15) is 18.9 Å². The van der Waals surface area contributed by atoms with Crippen LogP contribution in [0, 0.1) is 0 Å². The van der Waals surface area contributed by atoms with Gasteiger partial charge in [-0.05, 0) is 30.5 Å². The summed E-state index contributed by atoms with van der Waals surface area (Å²) in [5, 5.41) is 0.746. The van der Waals surface area contributed by atoms with E-state index in [0.717, 1.165) is 27.9 Å². The summed E-state index contributed by atoms with van der Waals surface area (Å²) < 4.78 is 6.30. The minimum absolute atomic E-state index is 0.0197. The maximum atomic E-state index is 6.14. The molecule has 4 heteroatoms. The van der Waals surface area contributed by atoms with Crippen LogP contribution in [0.3, 0.4) is 0 Å². The molecule has 0 amide bonds. The number of methoxy groups -OCH3 is 1. The molecule has 90 valence electrons. The van der Waals surface area contributed by atoms with Gasteiger partial charge < -0.3 is 10.5 Å². The molecule has 0 bridgehead atoms. The normalized spacial score (nSPS) is 14.8. The van der Waals surface area contributed by atoms with E-state index in [4.69, 9.17) is 22.1 Å². The van der Waals surface area contributed by atoms with Gasteiger partial charge in [0, 0.05) is 22.6 Å². The van der Waals surface area contributed by atoms with Gasteiger partial charge in [-0.25, -0.2) is 0 Å². The molecule has 0 spiro atoms. The SMILES string of the molecule is CCC(OC)C(N)Cc1ccc(Br)cc1Cl. The molecule has 0 saturated carbocycles. The van der Waals surface area contributed by atoms with Crippen LogP contribution in [0.15, 0.2) is 22.7 Å². The van der Waals surface area contributed by atoms with E-state index in [1.54, 1.807) is 7.11 Å². The maximum Gasteiger partial charge on any atom is 0.0722 e. The van der Waals surface area contributed by atoms with Crippen molar-refractivity contribution in [3.8, 4) is 0 Å². The molecule has 0 saturated heterocycles. The number of benzene rings is 1. The van der Waals surface area contributed by atoms with Gasteiger partial charge in [-0.1, -0.05) is 40.5 Å². The van der Waals surface area contributed by atoms with Gasteiger partial charge in [0.2, 0.25) is 0 Å². The van der Waals surface area contributed by atoms with Crippen molar-refractivity contribution in [2.24, 2.45) is 5.73 Å². The van der Waals surface area contributed by atoms with Gasteiger partial charge >= 0.3 is 0 Å². The van der Waals surface area contributed by atoms with Gasteiger partial charge in [-0.3, -0.25) is 0 Å². The van der Waals surface area contributed by atoms with Crippen LogP contribution in [0.25, 0.3) is 0 Å². The summed E-state index contributed by atoms with van der Waals surface area (Å²) in [6.07, 6.45) is 1.73. The number of hydrogen-bond acceptors (Lipinski definition) is 2. The highest BCUT2D eigenvalue weighted by molar-refractivity contribution is 9.10. The average Bonchev–Trinajstić information content (AvgIpc) is 2.24. The highest BCUT2D eigenvalue weighted by atomic mass is 79.9. The first-order valence-electron chi connectivity index (χ1n) is 5.30. The standard InChI is InChI=1S/C12H17BrClNO/c1-3-12(16-2)11(15)6-8-4-5-9(13)7-10(8)14/h4-5,7,11-12H,3,6,15H2,1-2H3. The fourth-order valence-electron chi connectivity index (χ4n) is 1.72. The second-order valence-electron chi connectivity index (χ2n) is 3.79. The second-order valence-corrected chi connectivity index (χ2v) is 5.11. The molecule has 2 nitrogen and oxygen atoms in total. The van der Waals surface area contributed by atoms with Gasteiger partial charge in [-0.2, -0.15) is 0 Å². The Morgan fingerprint density at radius 2 is 2.19 bits per heavy atom. The fourth-order valence-corrected chi connectivity index (χ4v) is 2.47. The zero-order valence-electron chi connectivity index (χ0n) is 9.54. The lowest BCUT2D eigenvalue weighted by molar-refractivity contribution is 0.0773. The zero-order valence-corrected chi connectivity index (χ0v) is 11.9. The smallest absolute Gasteiger partial charge is 0.0722 e. The first kappa shape index (κ1) is 14.0. The predicted molar refractivity (Wildman–Crippen MR) is 71.9 cm³/mol. The maximum absolute atomic E-state index is 6.14. The van der Waals surface area contributed by atoms with Crippen LogP contribution in [0.5, 0.6) is 0 Å². The Labute approximate surface area is 110 Å². The van der Waals surface area contributed by atoms with Crippen LogP contribution in [-0.4, -0.2) is 19.3 Å². The van der Waals surface area contributed by atoms with Crippen LogP contribution < -0.4 is 5.73 Å². The number of hydrogen-bond donors (Lipinski definition) is 1. The van der Waals surface area contributed by atoms with E-state index < -0.39 is 0 Å². The third-order valence-corrected chi connectivity index (χ3v) is 3.50. The zero-order chi connectivity index (χ0) is 12.1. The first-order valence-corrected chi connectivity index (χ1v) is 6.47. The van der Waals surface area contributed by atoms with Gasteiger partial charge in [0.25, 0.3) is 0 Å². The van der Waals surface area contributed by atoms with Crippen molar-refractivity contribution in [1.29, 1.82) is 0 Å². The van der Waals surface area contributed by atoms with Crippen LogP contribution >= 0.6 is 27.5 Å². The topological polar surface area (TPSA) is 35.2 Å². The Morgan fingerprint density at radius 3 is 2.69 bits per heavy atom. The summed E-state index contributed by atoms with van der Waals surface area (Å²) in [5.74, 6) is 0.